The first kappa shape index (κ1) is 19.1. The minimum atomic E-state index is -0.255. The summed E-state index contributed by atoms with van der Waals surface area (Å²) in [7, 11) is 1.58. The van der Waals surface area contributed by atoms with Gasteiger partial charge in [-0.15, -0.1) is 0 Å². The summed E-state index contributed by atoms with van der Waals surface area (Å²) in [6.07, 6.45) is 2.73. The number of aryl methyl sites for hydroxylation is 1. The summed E-state index contributed by atoms with van der Waals surface area (Å²) in [5.41, 5.74) is 3.40. The SMILES string of the molecule is COCCNC(=O)c1nc(C(=O)NCc2ccc(C)cc2)n2c1CCCC2. The lowest BCUT2D eigenvalue weighted by Crippen LogP contribution is -2.28. The zero-order chi connectivity index (χ0) is 19.2. The van der Waals surface area contributed by atoms with Gasteiger partial charge in [0.05, 0.1) is 12.3 Å². The van der Waals surface area contributed by atoms with Crippen molar-refractivity contribution in [2.45, 2.75) is 39.3 Å². The van der Waals surface area contributed by atoms with Gasteiger partial charge in [-0.05, 0) is 31.7 Å². The molecule has 3 rings (SSSR count). The van der Waals surface area contributed by atoms with E-state index in [0.717, 1.165) is 30.5 Å². The van der Waals surface area contributed by atoms with E-state index < -0.39 is 0 Å². The van der Waals surface area contributed by atoms with Crippen molar-refractivity contribution in [3.05, 3.63) is 52.6 Å². The molecule has 2 heterocycles. The number of hydrogen-bond acceptors (Lipinski definition) is 4. The Bertz CT molecular complexity index is 811. The highest BCUT2D eigenvalue weighted by Gasteiger charge is 2.27. The Balaban J connectivity index is 1.74. The van der Waals surface area contributed by atoms with E-state index in [1.54, 1.807) is 7.11 Å². The van der Waals surface area contributed by atoms with Gasteiger partial charge in [0.1, 0.15) is 5.69 Å². The average molecular weight is 370 g/mol. The molecular formula is C20H26N4O3. The molecule has 2 aromatic rings. The van der Waals surface area contributed by atoms with E-state index in [9.17, 15) is 9.59 Å². The van der Waals surface area contributed by atoms with Crippen molar-refractivity contribution < 1.29 is 14.3 Å². The number of fused-ring (bicyclic) bond motifs is 1. The lowest BCUT2D eigenvalue weighted by Gasteiger charge is -2.17. The average Bonchev–Trinajstić information content (AvgIpc) is 3.07. The molecule has 144 valence electrons. The summed E-state index contributed by atoms with van der Waals surface area (Å²) in [5, 5.41) is 5.71. The summed E-state index contributed by atoms with van der Waals surface area (Å²) in [5.74, 6) is -0.196. The number of carbonyl (C=O) groups is 2. The minimum Gasteiger partial charge on any atom is -0.383 e. The number of ether oxygens (including phenoxy) is 1. The van der Waals surface area contributed by atoms with Crippen LogP contribution in [-0.4, -0.2) is 41.6 Å². The first-order valence-electron chi connectivity index (χ1n) is 9.30. The van der Waals surface area contributed by atoms with Gasteiger partial charge in [0.2, 0.25) is 0 Å². The Morgan fingerprint density at radius 1 is 1.15 bits per heavy atom. The zero-order valence-electron chi connectivity index (χ0n) is 15.9. The molecule has 0 fully saturated rings. The molecule has 0 unspecified atom stereocenters. The number of benzene rings is 1. The van der Waals surface area contributed by atoms with Crippen LogP contribution in [0.15, 0.2) is 24.3 Å². The van der Waals surface area contributed by atoms with E-state index in [2.05, 4.69) is 15.6 Å². The van der Waals surface area contributed by atoms with Crippen molar-refractivity contribution in [3.63, 3.8) is 0 Å². The molecule has 1 aromatic carbocycles. The quantitative estimate of drug-likeness (QED) is 0.728. The summed E-state index contributed by atoms with van der Waals surface area (Å²) in [6, 6.07) is 8.01. The Kier molecular flexibility index (Phi) is 6.24. The molecule has 0 saturated carbocycles. The first-order valence-corrected chi connectivity index (χ1v) is 9.30. The molecular weight excluding hydrogens is 344 g/mol. The zero-order valence-corrected chi connectivity index (χ0v) is 15.9. The molecule has 1 aliphatic rings. The predicted octanol–water partition coefficient (Wildman–Crippen LogP) is 1.83. The second-order valence-corrected chi connectivity index (χ2v) is 6.76. The van der Waals surface area contributed by atoms with Crippen molar-refractivity contribution >= 4 is 11.8 Å². The number of nitrogens with one attached hydrogen (secondary N) is 2. The molecule has 7 nitrogen and oxygen atoms in total. The number of hydrogen-bond donors (Lipinski definition) is 2. The van der Waals surface area contributed by atoms with Crippen LogP contribution in [0.3, 0.4) is 0 Å². The van der Waals surface area contributed by atoms with Gasteiger partial charge in [-0.1, -0.05) is 29.8 Å². The summed E-state index contributed by atoms with van der Waals surface area (Å²) in [6.45, 7) is 4.01. The van der Waals surface area contributed by atoms with Crippen LogP contribution < -0.4 is 10.6 Å². The maximum absolute atomic E-state index is 12.7. The Labute approximate surface area is 159 Å². The third-order valence-electron chi connectivity index (χ3n) is 4.70. The number of carbonyl (C=O) groups excluding carboxylic acids is 2. The molecule has 0 saturated heterocycles. The Hall–Kier alpha value is -2.67. The second kappa shape index (κ2) is 8.81. The lowest BCUT2D eigenvalue weighted by molar-refractivity contribution is 0.0931. The van der Waals surface area contributed by atoms with E-state index in [0.29, 0.717) is 37.8 Å². The standard InChI is InChI=1S/C20H26N4O3/c1-14-6-8-15(9-7-14)13-22-20(26)18-23-17(19(25)21-10-12-27-2)16-5-3-4-11-24(16)18/h6-9H,3-5,10-13H2,1-2H3,(H,21,25)(H,22,26). The molecule has 7 heteroatoms. The van der Waals surface area contributed by atoms with Crippen LogP contribution in [0, 0.1) is 6.92 Å². The van der Waals surface area contributed by atoms with Crippen LogP contribution in [0.2, 0.25) is 0 Å². The van der Waals surface area contributed by atoms with Gasteiger partial charge in [0, 0.05) is 26.7 Å². The smallest absolute Gasteiger partial charge is 0.287 e. The highest BCUT2D eigenvalue weighted by Crippen LogP contribution is 2.21. The lowest BCUT2D eigenvalue weighted by atomic mass is 10.1. The van der Waals surface area contributed by atoms with E-state index in [-0.39, 0.29) is 11.8 Å². The molecule has 1 aliphatic heterocycles. The molecule has 0 spiro atoms. The highest BCUT2D eigenvalue weighted by molar-refractivity contribution is 5.97. The highest BCUT2D eigenvalue weighted by atomic mass is 16.5. The fourth-order valence-corrected chi connectivity index (χ4v) is 3.22. The van der Waals surface area contributed by atoms with Gasteiger partial charge >= 0.3 is 0 Å². The molecule has 2 amide bonds. The fraction of sp³-hybridized carbons (Fsp3) is 0.450. The van der Waals surface area contributed by atoms with Crippen LogP contribution in [0.1, 0.15) is 50.8 Å². The molecule has 1 aromatic heterocycles. The van der Waals surface area contributed by atoms with Gasteiger partial charge in [-0.3, -0.25) is 9.59 Å². The summed E-state index contributed by atoms with van der Waals surface area (Å²) in [4.78, 5) is 29.6. The maximum Gasteiger partial charge on any atom is 0.287 e. The van der Waals surface area contributed by atoms with Crippen LogP contribution in [-0.2, 0) is 24.2 Å². The van der Waals surface area contributed by atoms with Crippen molar-refractivity contribution in [3.8, 4) is 0 Å². The Morgan fingerprint density at radius 2 is 1.93 bits per heavy atom. The van der Waals surface area contributed by atoms with Crippen molar-refractivity contribution in [1.82, 2.24) is 20.2 Å². The van der Waals surface area contributed by atoms with Crippen LogP contribution in [0.25, 0.3) is 0 Å². The minimum absolute atomic E-state index is 0.254. The van der Waals surface area contributed by atoms with Gasteiger partial charge < -0.3 is 19.9 Å². The normalized spacial score (nSPS) is 13.1. The molecule has 0 bridgehead atoms. The van der Waals surface area contributed by atoms with Crippen molar-refractivity contribution in [2.24, 2.45) is 0 Å². The first-order chi connectivity index (χ1) is 13.1. The second-order valence-electron chi connectivity index (χ2n) is 6.76. The van der Waals surface area contributed by atoms with Crippen LogP contribution in [0.4, 0.5) is 0 Å². The number of methoxy groups -OCH3 is 1. The number of aromatic nitrogens is 2. The maximum atomic E-state index is 12.7. The third-order valence-corrected chi connectivity index (χ3v) is 4.70. The van der Waals surface area contributed by atoms with E-state index in [1.165, 1.54) is 5.56 Å². The third kappa shape index (κ3) is 4.54. The van der Waals surface area contributed by atoms with Gasteiger partial charge in [0.25, 0.3) is 11.8 Å². The molecule has 2 N–H and O–H groups in total. The Morgan fingerprint density at radius 3 is 2.67 bits per heavy atom. The van der Waals surface area contributed by atoms with Crippen molar-refractivity contribution in [2.75, 3.05) is 20.3 Å². The summed E-state index contributed by atoms with van der Waals surface area (Å²) >= 11 is 0. The molecule has 0 aliphatic carbocycles. The van der Waals surface area contributed by atoms with E-state index >= 15 is 0 Å². The van der Waals surface area contributed by atoms with E-state index in [4.69, 9.17) is 4.74 Å². The number of rotatable bonds is 7. The number of imidazole rings is 1. The van der Waals surface area contributed by atoms with Gasteiger partial charge in [0.15, 0.2) is 5.82 Å². The monoisotopic (exact) mass is 370 g/mol. The number of amides is 2. The molecule has 27 heavy (non-hydrogen) atoms. The van der Waals surface area contributed by atoms with Crippen LogP contribution >= 0.6 is 0 Å². The molecule has 0 radical (unpaired) electrons. The van der Waals surface area contributed by atoms with Crippen LogP contribution in [0.5, 0.6) is 0 Å². The predicted molar refractivity (Wildman–Crippen MR) is 102 cm³/mol. The van der Waals surface area contributed by atoms with E-state index in [1.807, 2.05) is 35.8 Å². The number of nitrogens with zero attached hydrogens (tertiary/aromatic N) is 2. The summed E-state index contributed by atoms with van der Waals surface area (Å²) < 4.78 is 6.85. The van der Waals surface area contributed by atoms with Crippen molar-refractivity contribution in [1.29, 1.82) is 0 Å². The molecule has 0 atom stereocenters. The largest absolute Gasteiger partial charge is 0.383 e. The van der Waals surface area contributed by atoms with Gasteiger partial charge in [-0.2, -0.15) is 0 Å². The topological polar surface area (TPSA) is 85.2 Å². The fourth-order valence-electron chi connectivity index (χ4n) is 3.22. The van der Waals surface area contributed by atoms with Gasteiger partial charge in [-0.25, -0.2) is 4.98 Å².